The van der Waals surface area contributed by atoms with E-state index in [1.54, 1.807) is 18.2 Å². The van der Waals surface area contributed by atoms with E-state index in [2.05, 4.69) is 6.07 Å². The molecule has 2 aromatic carbocycles. The van der Waals surface area contributed by atoms with E-state index in [1.807, 2.05) is 6.07 Å². The molecule has 2 rings (SSSR count). The van der Waals surface area contributed by atoms with Gasteiger partial charge in [-0.15, -0.1) is 0 Å². The summed E-state index contributed by atoms with van der Waals surface area (Å²) in [5.74, 6) is -0.654. The van der Waals surface area contributed by atoms with Crippen LogP contribution in [0.2, 0.25) is 0 Å². The van der Waals surface area contributed by atoms with Crippen LogP contribution in [0.4, 0.5) is 8.78 Å². The van der Waals surface area contributed by atoms with Crippen molar-refractivity contribution in [1.82, 2.24) is 0 Å². The first kappa shape index (κ1) is 10.6. The molecule has 0 aliphatic carbocycles. The fraction of sp³-hybridized carbons (Fsp3) is 0.0769. The standard InChI is InChI=1S/C13H9F2O/c14-11-6-10(7-12(15)8-11)9-16-13-4-2-1-3-5-13/h1-4,6-8H,9H2. The Morgan fingerprint density at radius 1 is 1.06 bits per heavy atom. The summed E-state index contributed by atoms with van der Waals surface area (Å²) in [7, 11) is 0. The molecule has 0 unspecified atom stereocenters. The molecule has 0 N–H and O–H groups in total. The summed E-state index contributed by atoms with van der Waals surface area (Å²) in [6, 6.07) is 13.2. The zero-order valence-corrected chi connectivity index (χ0v) is 8.41. The summed E-state index contributed by atoms with van der Waals surface area (Å²) < 4.78 is 31.0. The number of benzene rings is 2. The topological polar surface area (TPSA) is 9.23 Å². The first-order valence-corrected chi connectivity index (χ1v) is 4.78. The largest absolute Gasteiger partial charge is 0.488 e. The SMILES string of the molecule is Fc1cc(F)cc(COc2[c]cccc2)c1. The van der Waals surface area contributed by atoms with Crippen LogP contribution in [-0.2, 0) is 6.61 Å². The fourth-order valence-electron chi connectivity index (χ4n) is 1.32. The van der Waals surface area contributed by atoms with Crippen molar-refractivity contribution < 1.29 is 13.5 Å². The van der Waals surface area contributed by atoms with Crippen LogP contribution >= 0.6 is 0 Å². The third-order valence-electron chi connectivity index (χ3n) is 2.00. The van der Waals surface area contributed by atoms with Gasteiger partial charge in [-0.2, -0.15) is 0 Å². The third kappa shape index (κ3) is 2.79. The van der Waals surface area contributed by atoms with Gasteiger partial charge in [0, 0.05) is 12.1 Å². The van der Waals surface area contributed by atoms with Crippen LogP contribution in [0.1, 0.15) is 5.56 Å². The highest BCUT2D eigenvalue weighted by molar-refractivity contribution is 5.21. The van der Waals surface area contributed by atoms with Gasteiger partial charge in [-0.1, -0.05) is 18.2 Å². The third-order valence-corrected chi connectivity index (χ3v) is 2.00. The average molecular weight is 219 g/mol. The molecule has 0 saturated heterocycles. The first-order valence-electron chi connectivity index (χ1n) is 4.78. The van der Waals surface area contributed by atoms with Gasteiger partial charge < -0.3 is 4.74 Å². The highest BCUT2D eigenvalue weighted by Gasteiger charge is 2.01. The zero-order chi connectivity index (χ0) is 11.4. The summed E-state index contributed by atoms with van der Waals surface area (Å²) in [5.41, 5.74) is 0.453. The Bertz CT molecular complexity index is 448. The molecule has 0 heterocycles. The van der Waals surface area contributed by atoms with Crippen molar-refractivity contribution in [2.24, 2.45) is 0 Å². The predicted octanol–water partition coefficient (Wildman–Crippen LogP) is 3.34. The molecule has 16 heavy (non-hydrogen) atoms. The molecule has 0 spiro atoms. The Hall–Kier alpha value is -1.90. The van der Waals surface area contributed by atoms with Crippen LogP contribution in [0, 0.1) is 17.7 Å². The number of rotatable bonds is 3. The van der Waals surface area contributed by atoms with Crippen LogP contribution in [0.25, 0.3) is 0 Å². The van der Waals surface area contributed by atoms with Gasteiger partial charge in [0.25, 0.3) is 0 Å². The highest BCUT2D eigenvalue weighted by Crippen LogP contribution is 2.13. The van der Waals surface area contributed by atoms with Crippen molar-refractivity contribution in [2.45, 2.75) is 6.61 Å². The Morgan fingerprint density at radius 2 is 1.81 bits per heavy atom. The van der Waals surface area contributed by atoms with Crippen molar-refractivity contribution in [3.63, 3.8) is 0 Å². The van der Waals surface area contributed by atoms with Gasteiger partial charge in [-0.05, 0) is 23.8 Å². The van der Waals surface area contributed by atoms with Gasteiger partial charge in [0.2, 0.25) is 0 Å². The molecule has 81 valence electrons. The van der Waals surface area contributed by atoms with Crippen LogP contribution in [0.3, 0.4) is 0 Å². The summed E-state index contributed by atoms with van der Waals surface area (Å²) in [4.78, 5) is 0. The van der Waals surface area contributed by atoms with Gasteiger partial charge >= 0.3 is 0 Å². The van der Waals surface area contributed by atoms with Gasteiger partial charge in [-0.25, -0.2) is 8.78 Å². The van der Waals surface area contributed by atoms with Gasteiger partial charge in [0.1, 0.15) is 24.0 Å². The Kier molecular flexibility index (Phi) is 3.15. The fourth-order valence-corrected chi connectivity index (χ4v) is 1.32. The number of para-hydroxylation sites is 1. The maximum atomic E-state index is 12.9. The predicted molar refractivity (Wildman–Crippen MR) is 56.0 cm³/mol. The quantitative estimate of drug-likeness (QED) is 0.769. The van der Waals surface area contributed by atoms with Crippen LogP contribution < -0.4 is 4.74 Å². The molecular formula is C13H9F2O. The van der Waals surface area contributed by atoms with Crippen molar-refractivity contribution >= 4 is 0 Å². The van der Waals surface area contributed by atoms with Crippen molar-refractivity contribution in [3.05, 3.63) is 65.7 Å². The Morgan fingerprint density at radius 3 is 2.44 bits per heavy atom. The molecule has 0 atom stereocenters. The summed E-state index contributed by atoms with van der Waals surface area (Å²) in [5, 5.41) is 0. The smallest absolute Gasteiger partial charge is 0.127 e. The second-order valence-electron chi connectivity index (χ2n) is 3.29. The van der Waals surface area contributed by atoms with E-state index in [0.29, 0.717) is 11.3 Å². The Labute approximate surface area is 92.3 Å². The molecule has 0 aliphatic heterocycles. The summed E-state index contributed by atoms with van der Waals surface area (Å²) in [6.07, 6.45) is 0. The molecule has 2 aromatic rings. The van der Waals surface area contributed by atoms with Crippen molar-refractivity contribution in [2.75, 3.05) is 0 Å². The molecule has 0 fully saturated rings. The van der Waals surface area contributed by atoms with E-state index in [0.717, 1.165) is 6.07 Å². The molecular weight excluding hydrogens is 210 g/mol. The maximum Gasteiger partial charge on any atom is 0.127 e. The van der Waals surface area contributed by atoms with E-state index in [9.17, 15) is 8.78 Å². The number of hydrogen-bond donors (Lipinski definition) is 0. The highest BCUT2D eigenvalue weighted by atomic mass is 19.1. The minimum Gasteiger partial charge on any atom is -0.488 e. The number of hydrogen-bond acceptors (Lipinski definition) is 1. The monoisotopic (exact) mass is 219 g/mol. The lowest BCUT2D eigenvalue weighted by Crippen LogP contribution is -1.97. The maximum absolute atomic E-state index is 12.9. The molecule has 0 amide bonds. The number of halogens is 2. The molecule has 0 bridgehead atoms. The van der Waals surface area contributed by atoms with E-state index >= 15 is 0 Å². The minimum absolute atomic E-state index is 0.120. The molecule has 0 saturated carbocycles. The second kappa shape index (κ2) is 4.75. The van der Waals surface area contributed by atoms with Crippen molar-refractivity contribution in [3.8, 4) is 5.75 Å². The zero-order valence-electron chi connectivity index (χ0n) is 8.41. The average Bonchev–Trinajstić information content (AvgIpc) is 2.27. The van der Waals surface area contributed by atoms with Crippen LogP contribution in [0.5, 0.6) is 5.75 Å². The minimum atomic E-state index is -0.601. The molecule has 1 nitrogen and oxygen atoms in total. The number of ether oxygens (including phenoxy) is 1. The summed E-state index contributed by atoms with van der Waals surface area (Å²) in [6.45, 7) is 0.120. The van der Waals surface area contributed by atoms with Gasteiger partial charge in [-0.3, -0.25) is 0 Å². The summed E-state index contributed by atoms with van der Waals surface area (Å²) >= 11 is 0. The van der Waals surface area contributed by atoms with E-state index in [-0.39, 0.29) is 6.61 Å². The second-order valence-corrected chi connectivity index (χ2v) is 3.29. The van der Waals surface area contributed by atoms with Crippen LogP contribution in [0.15, 0.2) is 42.5 Å². The van der Waals surface area contributed by atoms with Gasteiger partial charge in [0.15, 0.2) is 0 Å². The van der Waals surface area contributed by atoms with E-state index in [1.165, 1.54) is 12.1 Å². The van der Waals surface area contributed by atoms with E-state index in [4.69, 9.17) is 4.74 Å². The van der Waals surface area contributed by atoms with Crippen LogP contribution in [-0.4, -0.2) is 0 Å². The first-order chi connectivity index (χ1) is 7.74. The van der Waals surface area contributed by atoms with Crippen molar-refractivity contribution in [1.29, 1.82) is 0 Å². The Balaban J connectivity index is 2.05. The lowest BCUT2D eigenvalue weighted by Gasteiger charge is -2.05. The van der Waals surface area contributed by atoms with E-state index < -0.39 is 11.6 Å². The lowest BCUT2D eigenvalue weighted by molar-refractivity contribution is 0.304. The van der Waals surface area contributed by atoms with Gasteiger partial charge in [0.05, 0.1) is 0 Å². The molecule has 3 heteroatoms. The normalized spacial score (nSPS) is 10.1. The molecule has 1 radical (unpaired) electrons. The molecule has 0 aromatic heterocycles. The molecule has 0 aliphatic rings. The lowest BCUT2D eigenvalue weighted by atomic mass is 10.2.